The van der Waals surface area contributed by atoms with Crippen LogP contribution in [-0.2, 0) is 6.61 Å². The van der Waals surface area contributed by atoms with Gasteiger partial charge in [-0.1, -0.05) is 32.8 Å². The van der Waals surface area contributed by atoms with Gasteiger partial charge in [-0.25, -0.2) is 0 Å². The SMILES string of the molecule is COc1ccc(O)c(Pc2ccccc2CO)c1. The minimum Gasteiger partial charge on any atom is -0.507 e. The maximum Gasteiger partial charge on any atom is 0.123 e. The number of phenolic OH excluding ortho intramolecular Hbond substituents is 1. The van der Waals surface area contributed by atoms with Crippen molar-refractivity contribution in [3.8, 4) is 11.5 Å². The summed E-state index contributed by atoms with van der Waals surface area (Å²) in [5.41, 5.74) is 0.887. The van der Waals surface area contributed by atoms with Crippen LogP contribution in [-0.4, -0.2) is 17.3 Å². The van der Waals surface area contributed by atoms with Crippen LogP contribution in [0.1, 0.15) is 5.56 Å². The van der Waals surface area contributed by atoms with Gasteiger partial charge in [-0.3, -0.25) is 0 Å². The summed E-state index contributed by atoms with van der Waals surface area (Å²) in [5, 5.41) is 21.0. The van der Waals surface area contributed by atoms with Gasteiger partial charge in [0.05, 0.1) is 13.7 Å². The Labute approximate surface area is 108 Å². The first-order valence-corrected chi connectivity index (χ1v) is 6.57. The molecule has 0 aliphatic heterocycles. The van der Waals surface area contributed by atoms with E-state index in [2.05, 4.69) is 0 Å². The summed E-state index contributed by atoms with van der Waals surface area (Å²) in [5.74, 6) is 0.971. The molecule has 0 aliphatic carbocycles. The molecule has 2 aromatic carbocycles. The summed E-state index contributed by atoms with van der Waals surface area (Å²) in [4.78, 5) is 0. The van der Waals surface area contributed by atoms with E-state index in [0.717, 1.165) is 21.9 Å². The quantitative estimate of drug-likeness (QED) is 0.821. The van der Waals surface area contributed by atoms with Crippen molar-refractivity contribution in [2.24, 2.45) is 0 Å². The fraction of sp³-hybridized carbons (Fsp3) is 0.143. The van der Waals surface area contributed by atoms with Gasteiger partial charge in [0.25, 0.3) is 0 Å². The number of aromatic hydroxyl groups is 1. The van der Waals surface area contributed by atoms with Crippen LogP contribution in [0.2, 0.25) is 0 Å². The van der Waals surface area contributed by atoms with Gasteiger partial charge in [-0.05, 0) is 29.1 Å². The zero-order chi connectivity index (χ0) is 13.0. The number of hydrogen-bond acceptors (Lipinski definition) is 3. The lowest BCUT2D eigenvalue weighted by molar-refractivity contribution is 0.283. The van der Waals surface area contributed by atoms with Crippen molar-refractivity contribution < 1.29 is 14.9 Å². The lowest BCUT2D eigenvalue weighted by Gasteiger charge is -2.10. The maximum atomic E-state index is 9.84. The lowest BCUT2D eigenvalue weighted by Crippen LogP contribution is -2.09. The first-order valence-electron chi connectivity index (χ1n) is 5.57. The van der Waals surface area contributed by atoms with Crippen molar-refractivity contribution in [2.45, 2.75) is 6.61 Å². The Morgan fingerprint density at radius 1 is 1.11 bits per heavy atom. The molecule has 3 nitrogen and oxygen atoms in total. The summed E-state index contributed by atoms with van der Waals surface area (Å²) in [7, 11) is 1.89. The molecule has 0 radical (unpaired) electrons. The van der Waals surface area contributed by atoms with E-state index in [9.17, 15) is 10.2 Å². The average Bonchev–Trinajstić information content (AvgIpc) is 2.42. The number of phenols is 1. The van der Waals surface area contributed by atoms with E-state index in [0.29, 0.717) is 8.58 Å². The van der Waals surface area contributed by atoms with Crippen molar-refractivity contribution in [3.05, 3.63) is 48.0 Å². The molecule has 0 fully saturated rings. The van der Waals surface area contributed by atoms with Crippen LogP contribution in [0.4, 0.5) is 0 Å². The van der Waals surface area contributed by atoms with Gasteiger partial charge < -0.3 is 14.9 Å². The van der Waals surface area contributed by atoms with E-state index in [1.807, 2.05) is 30.3 Å². The number of aliphatic hydroxyl groups is 1. The largest absolute Gasteiger partial charge is 0.507 e. The van der Waals surface area contributed by atoms with Crippen LogP contribution in [0.25, 0.3) is 0 Å². The summed E-state index contributed by atoms with van der Waals surface area (Å²) in [6.07, 6.45) is 0. The number of benzene rings is 2. The molecule has 4 heteroatoms. The molecule has 0 aliphatic rings. The lowest BCUT2D eigenvalue weighted by atomic mass is 10.2. The predicted molar refractivity (Wildman–Crippen MR) is 74.6 cm³/mol. The number of rotatable bonds is 4. The highest BCUT2D eigenvalue weighted by Crippen LogP contribution is 2.23. The topological polar surface area (TPSA) is 49.7 Å². The molecule has 94 valence electrons. The third-order valence-corrected chi connectivity index (χ3v) is 4.09. The smallest absolute Gasteiger partial charge is 0.123 e. The molecular weight excluding hydrogens is 247 g/mol. The van der Waals surface area contributed by atoms with Crippen molar-refractivity contribution in [1.82, 2.24) is 0 Å². The fourth-order valence-corrected chi connectivity index (χ4v) is 2.89. The standard InChI is InChI=1S/C14H15O3P/c1-17-11-6-7-12(16)14(8-11)18-13-5-3-2-4-10(13)9-15/h2-8,15-16,18H,9H2,1H3. The monoisotopic (exact) mass is 262 g/mol. The molecule has 18 heavy (non-hydrogen) atoms. The Bertz CT molecular complexity index is 540. The highest BCUT2D eigenvalue weighted by atomic mass is 31.1. The van der Waals surface area contributed by atoms with Gasteiger partial charge in [0.1, 0.15) is 11.5 Å². The van der Waals surface area contributed by atoms with E-state index in [1.54, 1.807) is 19.2 Å². The zero-order valence-electron chi connectivity index (χ0n) is 10.1. The molecule has 0 saturated carbocycles. The van der Waals surface area contributed by atoms with E-state index >= 15 is 0 Å². The van der Waals surface area contributed by atoms with Gasteiger partial charge in [-0.2, -0.15) is 0 Å². The van der Waals surface area contributed by atoms with Crippen LogP contribution in [0, 0.1) is 0 Å². The molecule has 0 bridgehead atoms. The van der Waals surface area contributed by atoms with Crippen LogP contribution in [0.15, 0.2) is 42.5 Å². The van der Waals surface area contributed by atoms with Crippen molar-refractivity contribution in [2.75, 3.05) is 7.11 Å². The summed E-state index contributed by atoms with van der Waals surface area (Å²) in [6, 6.07) is 12.8. The Kier molecular flexibility index (Phi) is 4.19. The van der Waals surface area contributed by atoms with Crippen LogP contribution in [0.5, 0.6) is 11.5 Å². The van der Waals surface area contributed by atoms with Crippen LogP contribution in [0.3, 0.4) is 0 Å². The van der Waals surface area contributed by atoms with Gasteiger partial charge in [0.2, 0.25) is 0 Å². The zero-order valence-corrected chi connectivity index (χ0v) is 11.1. The third kappa shape index (κ3) is 2.81. The predicted octanol–water partition coefficient (Wildman–Crippen LogP) is 1.52. The van der Waals surface area contributed by atoms with Crippen LogP contribution < -0.4 is 15.3 Å². The summed E-state index contributed by atoms with van der Waals surface area (Å²) >= 11 is 0. The molecule has 2 N–H and O–H groups in total. The second kappa shape index (κ2) is 5.85. The summed E-state index contributed by atoms with van der Waals surface area (Å²) < 4.78 is 5.15. The molecule has 2 aromatic rings. The van der Waals surface area contributed by atoms with Crippen molar-refractivity contribution in [1.29, 1.82) is 0 Å². The molecule has 0 saturated heterocycles. The normalized spacial score (nSPS) is 11.0. The Hall–Kier alpha value is -1.57. The molecule has 1 unspecified atom stereocenters. The minimum atomic E-state index is 0.00784. The second-order valence-corrected chi connectivity index (χ2v) is 5.15. The second-order valence-electron chi connectivity index (χ2n) is 3.82. The van der Waals surface area contributed by atoms with Crippen molar-refractivity contribution in [3.63, 3.8) is 0 Å². The third-order valence-electron chi connectivity index (χ3n) is 2.66. The molecule has 1 atom stereocenters. The van der Waals surface area contributed by atoms with Gasteiger partial charge in [-0.15, -0.1) is 0 Å². The van der Waals surface area contributed by atoms with Gasteiger partial charge in [0.15, 0.2) is 0 Å². The molecule has 0 aromatic heterocycles. The highest BCUT2D eigenvalue weighted by Gasteiger charge is 2.07. The van der Waals surface area contributed by atoms with Crippen molar-refractivity contribution >= 4 is 19.2 Å². The fourth-order valence-electron chi connectivity index (χ4n) is 1.67. The molecule has 2 rings (SSSR count). The minimum absolute atomic E-state index is 0.00784. The van der Waals surface area contributed by atoms with Crippen LogP contribution >= 0.6 is 8.58 Å². The Balaban J connectivity index is 2.33. The highest BCUT2D eigenvalue weighted by molar-refractivity contribution is 7.55. The maximum absolute atomic E-state index is 9.84. The van der Waals surface area contributed by atoms with E-state index in [-0.39, 0.29) is 12.4 Å². The Morgan fingerprint density at radius 2 is 1.89 bits per heavy atom. The molecular formula is C14H15O3P. The van der Waals surface area contributed by atoms with Gasteiger partial charge in [0, 0.05) is 5.30 Å². The van der Waals surface area contributed by atoms with E-state index in [1.165, 1.54) is 0 Å². The molecule has 0 spiro atoms. The van der Waals surface area contributed by atoms with Gasteiger partial charge >= 0.3 is 0 Å². The first-order chi connectivity index (χ1) is 8.74. The summed E-state index contributed by atoms with van der Waals surface area (Å²) in [6.45, 7) is 0.00784. The number of ether oxygens (including phenoxy) is 1. The number of aliphatic hydroxyl groups excluding tert-OH is 1. The van der Waals surface area contributed by atoms with E-state index in [4.69, 9.17) is 4.74 Å². The average molecular weight is 262 g/mol. The number of hydrogen-bond donors (Lipinski definition) is 2. The Morgan fingerprint density at radius 3 is 2.61 bits per heavy atom. The van der Waals surface area contributed by atoms with E-state index < -0.39 is 0 Å². The molecule has 0 amide bonds. The molecule has 0 heterocycles. The first kappa shape index (κ1) is 12.9. The number of methoxy groups -OCH3 is 1.